The fourth-order valence-corrected chi connectivity index (χ4v) is 2.81. The number of halogens is 3. The Bertz CT molecular complexity index is 1150. The van der Waals surface area contributed by atoms with Crippen LogP contribution in [-0.4, -0.2) is 27.0 Å². The molecule has 8 heteroatoms. The molecule has 0 unspecified atom stereocenters. The van der Waals surface area contributed by atoms with E-state index >= 15 is 4.39 Å². The predicted octanol–water partition coefficient (Wildman–Crippen LogP) is 5.24. The maximum absolute atomic E-state index is 15.2. The Morgan fingerprint density at radius 3 is 2.31 bits per heavy atom. The minimum absolute atomic E-state index is 0.00708. The Kier molecular flexibility index (Phi) is 6.01. The first-order chi connectivity index (χ1) is 14.1. The molecule has 0 aliphatic heterocycles. The summed E-state index contributed by atoms with van der Waals surface area (Å²) in [6, 6.07) is 5.95. The second kappa shape index (κ2) is 8.64. The number of hydrogen-bond acceptors (Lipinski definition) is 5. The van der Waals surface area contributed by atoms with Crippen LogP contribution in [0.4, 0.5) is 19.0 Å². The lowest BCUT2D eigenvalue weighted by atomic mass is 10.0. The molecule has 4 aromatic rings. The van der Waals surface area contributed by atoms with Crippen molar-refractivity contribution in [3.8, 4) is 22.6 Å². The summed E-state index contributed by atoms with van der Waals surface area (Å²) >= 11 is 0. The van der Waals surface area contributed by atoms with Crippen molar-refractivity contribution in [2.75, 3.05) is 12.4 Å². The van der Waals surface area contributed by atoms with Gasteiger partial charge >= 0.3 is 0 Å². The van der Waals surface area contributed by atoms with Gasteiger partial charge in [0.1, 0.15) is 29.0 Å². The van der Waals surface area contributed by atoms with E-state index in [1.807, 2.05) is 13.8 Å². The van der Waals surface area contributed by atoms with Crippen LogP contribution in [0.1, 0.15) is 13.8 Å². The van der Waals surface area contributed by atoms with Gasteiger partial charge in [-0.2, -0.15) is 0 Å². The number of benzene rings is 2. The molecule has 148 valence electrons. The maximum Gasteiger partial charge on any atom is 0.182 e. The lowest BCUT2D eigenvalue weighted by Gasteiger charge is -2.12. The molecule has 0 saturated heterocycles. The summed E-state index contributed by atoms with van der Waals surface area (Å²) in [6.07, 6.45) is 4.52. The van der Waals surface area contributed by atoms with Crippen molar-refractivity contribution < 1.29 is 13.2 Å². The van der Waals surface area contributed by atoms with E-state index in [1.54, 1.807) is 13.1 Å². The number of nitrogens with zero attached hydrogens (tertiary/aromatic N) is 4. The van der Waals surface area contributed by atoms with Crippen LogP contribution in [-0.2, 0) is 0 Å². The molecule has 0 saturated carbocycles. The monoisotopic (exact) mass is 397 g/mol. The van der Waals surface area contributed by atoms with Crippen molar-refractivity contribution in [1.82, 2.24) is 19.9 Å². The first kappa shape index (κ1) is 20.2. The SMILES string of the molecule is CC.CNc1nc(-c2cnccn2)nc2ccc(-c3ccc(F)cc3F)c(F)c12. The average Bonchev–Trinajstić information content (AvgIpc) is 2.76. The van der Waals surface area contributed by atoms with E-state index in [9.17, 15) is 8.78 Å². The van der Waals surface area contributed by atoms with Gasteiger partial charge in [0.15, 0.2) is 5.82 Å². The van der Waals surface area contributed by atoms with Gasteiger partial charge in [0.05, 0.1) is 17.1 Å². The number of anilines is 1. The lowest BCUT2D eigenvalue weighted by molar-refractivity contribution is 0.583. The molecule has 29 heavy (non-hydrogen) atoms. The van der Waals surface area contributed by atoms with E-state index in [4.69, 9.17) is 0 Å². The third-order valence-corrected chi connectivity index (χ3v) is 4.05. The molecule has 1 N–H and O–H groups in total. The Balaban J connectivity index is 0.00000117. The van der Waals surface area contributed by atoms with E-state index < -0.39 is 17.5 Å². The molecule has 0 atom stereocenters. The summed E-state index contributed by atoms with van der Waals surface area (Å²) < 4.78 is 42.5. The summed E-state index contributed by atoms with van der Waals surface area (Å²) in [5.41, 5.74) is 0.701. The number of nitrogens with one attached hydrogen (secondary N) is 1. The molecule has 5 nitrogen and oxygen atoms in total. The van der Waals surface area contributed by atoms with Crippen LogP contribution in [0.5, 0.6) is 0 Å². The van der Waals surface area contributed by atoms with E-state index in [0.717, 1.165) is 6.07 Å². The molecule has 2 aromatic heterocycles. The molecule has 4 rings (SSSR count). The van der Waals surface area contributed by atoms with Gasteiger partial charge in [-0.15, -0.1) is 0 Å². The van der Waals surface area contributed by atoms with Gasteiger partial charge in [0.25, 0.3) is 0 Å². The van der Waals surface area contributed by atoms with Crippen molar-refractivity contribution in [2.45, 2.75) is 13.8 Å². The molecule has 0 spiro atoms. The molecule has 0 fully saturated rings. The average molecular weight is 397 g/mol. The molecule has 0 radical (unpaired) electrons. The number of rotatable bonds is 3. The third kappa shape index (κ3) is 3.87. The Hall–Kier alpha value is -3.55. The zero-order valence-electron chi connectivity index (χ0n) is 16.0. The molecule has 0 aliphatic carbocycles. The van der Waals surface area contributed by atoms with Crippen LogP contribution in [0.15, 0.2) is 48.9 Å². The topological polar surface area (TPSA) is 63.6 Å². The van der Waals surface area contributed by atoms with Gasteiger partial charge < -0.3 is 5.32 Å². The van der Waals surface area contributed by atoms with Gasteiger partial charge in [0, 0.05) is 36.6 Å². The van der Waals surface area contributed by atoms with Crippen LogP contribution in [0.25, 0.3) is 33.5 Å². The van der Waals surface area contributed by atoms with E-state index in [1.165, 1.54) is 30.7 Å². The van der Waals surface area contributed by atoms with Gasteiger partial charge in [-0.05, 0) is 24.3 Å². The highest BCUT2D eigenvalue weighted by Crippen LogP contribution is 2.34. The van der Waals surface area contributed by atoms with Crippen LogP contribution in [0.2, 0.25) is 0 Å². The summed E-state index contributed by atoms with van der Waals surface area (Å²) in [7, 11) is 1.59. The quantitative estimate of drug-likeness (QED) is 0.512. The van der Waals surface area contributed by atoms with Gasteiger partial charge in [-0.3, -0.25) is 4.98 Å². The molecule has 0 bridgehead atoms. The third-order valence-electron chi connectivity index (χ3n) is 4.05. The summed E-state index contributed by atoms with van der Waals surface area (Å²) in [6.45, 7) is 4.00. The molecule has 0 amide bonds. The molecular formula is C21H18F3N5. The summed E-state index contributed by atoms with van der Waals surface area (Å²) in [5.74, 6) is -1.78. The van der Waals surface area contributed by atoms with Crippen molar-refractivity contribution in [3.05, 3.63) is 66.4 Å². The predicted molar refractivity (Wildman–Crippen MR) is 107 cm³/mol. The maximum atomic E-state index is 15.2. The van der Waals surface area contributed by atoms with E-state index in [-0.39, 0.29) is 28.2 Å². The second-order valence-corrected chi connectivity index (χ2v) is 5.68. The first-order valence-corrected chi connectivity index (χ1v) is 8.98. The Morgan fingerprint density at radius 1 is 0.897 bits per heavy atom. The number of fused-ring (bicyclic) bond motifs is 1. The number of aromatic nitrogens is 4. The summed E-state index contributed by atoms with van der Waals surface area (Å²) in [5, 5.41) is 2.93. The molecular weight excluding hydrogens is 379 g/mol. The first-order valence-electron chi connectivity index (χ1n) is 8.98. The molecule has 0 aliphatic rings. The highest BCUT2D eigenvalue weighted by Gasteiger charge is 2.19. The van der Waals surface area contributed by atoms with Gasteiger partial charge in [-0.1, -0.05) is 13.8 Å². The second-order valence-electron chi connectivity index (χ2n) is 5.68. The zero-order valence-corrected chi connectivity index (χ0v) is 16.0. The summed E-state index contributed by atoms with van der Waals surface area (Å²) in [4.78, 5) is 16.8. The molecule has 2 heterocycles. The van der Waals surface area contributed by atoms with E-state index in [2.05, 4.69) is 25.3 Å². The Labute approximate surface area is 165 Å². The minimum atomic E-state index is -0.851. The van der Waals surface area contributed by atoms with E-state index in [0.29, 0.717) is 17.3 Å². The zero-order chi connectivity index (χ0) is 21.0. The van der Waals surface area contributed by atoms with Gasteiger partial charge in [0.2, 0.25) is 0 Å². The highest BCUT2D eigenvalue weighted by atomic mass is 19.1. The number of hydrogen-bond donors (Lipinski definition) is 1. The Morgan fingerprint density at radius 2 is 1.66 bits per heavy atom. The van der Waals surface area contributed by atoms with Crippen LogP contribution >= 0.6 is 0 Å². The van der Waals surface area contributed by atoms with Crippen molar-refractivity contribution in [1.29, 1.82) is 0 Å². The largest absolute Gasteiger partial charge is 0.372 e. The normalized spacial score (nSPS) is 10.4. The van der Waals surface area contributed by atoms with Crippen LogP contribution in [0, 0.1) is 17.5 Å². The smallest absolute Gasteiger partial charge is 0.182 e. The fourth-order valence-electron chi connectivity index (χ4n) is 2.81. The minimum Gasteiger partial charge on any atom is -0.372 e. The van der Waals surface area contributed by atoms with Crippen molar-refractivity contribution in [3.63, 3.8) is 0 Å². The van der Waals surface area contributed by atoms with Crippen molar-refractivity contribution >= 4 is 16.7 Å². The van der Waals surface area contributed by atoms with Crippen LogP contribution < -0.4 is 5.32 Å². The van der Waals surface area contributed by atoms with Gasteiger partial charge in [-0.25, -0.2) is 28.1 Å². The highest BCUT2D eigenvalue weighted by molar-refractivity contribution is 5.94. The lowest BCUT2D eigenvalue weighted by Crippen LogP contribution is -2.02. The standard InChI is InChI=1S/C19H12F3N5.C2H6/c1-23-19-16-14(26-18(27-19)15-9-24-6-7-25-15)5-4-12(17(16)22)11-3-2-10(20)8-13(11)21;1-2/h2-9H,1H3,(H,23,26,27);1-2H3. The van der Waals surface area contributed by atoms with Crippen LogP contribution in [0.3, 0.4) is 0 Å². The fraction of sp³-hybridized carbons (Fsp3) is 0.143. The van der Waals surface area contributed by atoms with Crippen molar-refractivity contribution in [2.24, 2.45) is 0 Å². The molecule has 2 aromatic carbocycles.